The first-order valence-corrected chi connectivity index (χ1v) is 7.26. The van der Waals surface area contributed by atoms with E-state index < -0.39 is 0 Å². The molecule has 114 valence electrons. The topological polar surface area (TPSA) is 61.5 Å². The van der Waals surface area contributed by atoms with Gasteiger partial charge in [-0.15, -0.1) is 0 Å². The van der Waals surface area contributed by atoms with Crippen molar-refractivity contribution in [1.82, 2.24) is 9.88 Å². The predicted molar refractivity (Wildman–Crippen MR) is 85.1 cm³/mol. The van der Waals surface area contributed by atoms with Gasteiger partial charge in [-0.1, -0.05) is 13.8 Å². The Morgan fingerprint density at radius 3 is 2.81 bits per heavy atom. The van der Waals surface area contributed by atoms with E-state index in [-0.39, 0.29) is 0 Å². The average Bonchev–Trinajstić information content (AvgIpc) is 2.45. The molecule has 0 amide bonds. The smallest absolute Gasteiger partial charge is 0.232 e. The van der Waals surface area contributed by atoms with Crippen molar-refractivity contribution >= 4 is 12.0 Å². The van der Waals surface area contributed by atoms with E-state index in [1.807, 2.05) is 25.8 Å². The average molecular weight is 288 g/mol. The number of nitrogens with zero attached hydrogens (tertiary/aromatic N) is 4. The van der Waals surface area contributed by atoms with Gasteiger partial charge in [-0.3, -0.25) is 0 Å². The molecule has 0 saturated carbocycles. The molecule has 0 aromatic carbocycles. The fourth-order valence-corrected chi connectivity index (χ4v) is 1.53. The summed E-state index contributed by atoms with van der Waals surface area (Å²) in [6.45, 7) is 9.63. The lowest BCUT2D eigenvalue weighted by Gasteiger charge is -2.11. The maximum absolute atomic E-state index is 9.23. The van der Waals surface area contributed by atoms with Crippen molar-refractivity contribution in [2.24, 2.45) is 10.9 Å². The summed E-state index contributed by atoms with van der Waals surface area (Å²) in [6.07, 6.45) is 2.68. The van der Waals surface area contributed by atoms with E-state index >= 15 is 0 Å². The summed E-state index contributed by atoms with van der Waals surface area (Å²) in [7, 11) is 1.95. The van der Waals surface area contributed by atoms with Crippen molar-refractivity contribution in [2.75, 3.05) is 20.2 Å². The van der Waals surface area contributed by atoms with Crippen LogP contribution in [0.25, 0.3) is 0 Å². The van der Waals surface area contributed by atoms with E-state index in [1.165, 1.54) is 0 Å². The summed E-state index contributed by atoms with van der Waals surface area (Å²) in [6, 6.07) is 3.86. The van der Waals surface area contributed by atoms with Gasteiger partial charge in [0.05, 0.1) is 24.3 Å². The highest BCUT2D eigenvalue weighted by Gasteiger charge is 2.10. The zero-order valence-electron chi connectivity index (χ0n) is 13.6. The largest absolute Gasteiger partial charge is 0.477 e. The number of ether oxygens (including phenoxy) is 1. The monoisotopic (exact) mass is 288 g/mol. The van der Waals surface area contributed by atoms with Gasteiger partial charge in [-0.2, -0.15) is 5.26 Å². The predicted octanol–water partition coefficient (Wildman–Crippen LogP) is 3.30. The zero-order valence-corrected chi connectivity index (χ0v) is 13.6. The summed E-state index contributed by atoms with van der Waals surface area (Å²) in [4.78, 5) is 10.7. The molecule has 1 aromatic heterocycles. The number of aliphatic imine (C=N–C) groups is 1. The molecule has 0 saturated heterocycles. The molecule has 1 heterocycles. The minimum Gasteiger partial charge on any atom is -0.477 e. The summed E-state index contributed by atoms with van der Waals surface area (Å²) in [5, 5.41) is 9.23. The molecular weight excluding hydrogens is 264 g/mol. The Morgan fingerprint density at radius 1 is 1.52 bits per heavy atom. The second-order valence-corrected chi connectivity index (χ2v) is 5.41. The first-order valence-electron chi connectivity index (χ1n) is 7.26. The van der Waals surface area contributed by atoms with Crippen molar-refractivity contribution in [3.05, 3.63) is 17.3 Å². The number of rotatable bonds is 7. The van der Waals surface area contributed by atoms with Crippen LogP contribution in [-0.2, 0) is 0 Å². The van der Waals surface area contributed by atoms with Gasteiger partial charge in [0.15, 0.2) is 0 Å². The zero-order chi connectivity index (χ0) is 15.8. The molecule has 5 nitrogen and oxygen atoms in total. The second-order valence-electron chi connectivity index (χ2n) is 5.41. The molecule has 1 rings (SSSR count). The Morgan fingerprint density at radius 2 is 2.24 bits per heavy atom. The summed E-state index contributed by atoms with van der Waals surface area (Å²) in [5.41, 5.74) is 1.88. The highest BCUT2D eigenvalue weighted by molar-refractivity contribution is 5.63. The minimum atomic E-state index is 0.401. The van der Waals surface area contributed by atoms with Gasteiger partial charge in [0.25, 0.3) is 0 Å². The molecular formula is C16H24N4O. The third-order valence-electron chi connectivity index (χ3n) is 3.10. The van der Waals surface area contributed by atoms with Crippen molar-refractivity contribution < 1.29 is 4.74 Å². The van der Waals surface area contributed by atoms with Gasteiger partial charge in [-0.05, 0) is 32.3 Å². The molecule has 0 radical (unpaired) electrons. The maximum atomic E-state index is 9.23. The number of nitriles is 1. The van der Waals surface area contributed by atoms with Crippen LogP contribution in [0, 0.1) is 24.2 Å². The van der Waals surface area contributed by atoms with Gasteiger partial charge in [0, 0.05) is 13.6 Å². The Hall–Kier alpha value is -2.09. The fraction of sp³-hybridized carbons (Fsp3) is 0.562. The number of hydrogen-bond acceptors (Lipinski definition) is 4. The molecule has 0 N–H and O–H groups in total. The first kappa shape index (κ1) is 17.0. The third kappa shape index (κ3) is 5.42. The van der Waals surface area contributed by atoms with Gasteiger partial charge < -0.3 is 9.64 Å². The van der Waals surface area contributed by atoms with Crippen LogP contribution in [0.15, 0.2) is 11.1 Å². The van der Waals surface area contributed by atoms with Crippen molar-refractivity contribution in [1.29, 1.82) is 5.26 Å². The number of aromatic nitrogens is 1. The Balaban J connectivity index is 2.92. The summed E-state index contributed by atoms with van der Waals surface area (Å²) in [5.74, 6) is 0.962. The van der Waals surface area contributed by atoms with Crippen LogP contribution in [0.5, 0.6) is 5.88 Å². The quantitative estimate of drug-likeness (QED) is 0.570. The molecule has 0 aliphatic rings. The standard InChI is InChI=1S/C16H24N4O/c1-6-20(5)11-18-15-9-14(10-17)16(19-13(15)4)21-8-7-12(2)3/h9,11-12H,6-8H2,1-5H3/b18-11+. The molecule has 0 aliphatic heterocycles. The molecule has 0 spiro atoms. The lowest BCUT2D eigenvalue weighted by Crippen LogP contribution is -2.14. The molecule has 1 aromatic rings. The van der Waals surface area contributed by atoms with Gasteiger partial charge >= 0.3 is 0 Å². The molecule has 0 fully saturated rings. The SMILES string of the molecule is CCN(C)/C=N/c1cc(C#N)c(OCCC(C)C)nc1C. The Kier molecular flexibility index (Phi) is 6.67. The van der Waals surface area contributed by atoms with Crippen LogP contribution in [0.3, 0.4) is 0 Å². The highest BCUT2D eigenvalue weighted by atomic mass is 16.5. The van der Waals surface area contributed by atoms with E-state index in [0.717, 1.165) is 18.7 Å². The third-order valence-corrected chi connectivity index (χ3v) is 3.10. The number of pyridine rings is 1. The summed E-state index contributed by atoms with van der Waals surface area (Å²) < 4.78 is 5.63. The molecule has 5 heteroatoms. The van der Waals surface area contributed by atoms with E-state index in [2.05, 4.69) is 29.9 Å². The van der Waals surface area contributed by atoms with Crippen LogP contribution < -0.4 is 4.74 Å². The lowest BCUT2D eigenvalue weighted by molar-refractivity contribution is 0.278. The maximum Gasteiger partial charge on any atom is 0.232 e. The Labute approximate surface area is 127 Å². The highest BCUT2D eigenvalue weighted by Crippen LogP contribution is 2.25. The molecule has 0 bridgehead atoms. The van der Waals surface area contributed by atoms with E-state index in [1.54, 1.807) is 12.4 Å². The minimum absolute atomic E-state index is 0.401. The fourth-order valence-electron chi connectivity index (χ4n) is 1.53. The lowest BCUT2D eigenvalue weighted by atomic mass is 10.1. The van der Waals surface area contributed by atoms with E-state index in [4.69, 9.17) is 4.74 Å². The van der Waals surface area contributed by atoms with Crippen molar-refractivity contribution in [3.63, 3.8) is 0 Å². The number of aryl methyl sites for hydroxylation is 1. The van der Waals surface area contributed by atoms with Crippen LogP contribution >= 0.6 is 0 Å². The molecule has 0 aliphatic carbocycles. The van der Waals surface area contributed by atoms with Crippen LogP contribution in [0.2, 0.25) is 0 Å². The van der Waals surface area contributed by atoms with Crippen molar-refractivity contribution in [2.45, 2.75) is 34.1 Å². The van der Waals surface area contributed by atoms with Crippen LogP contribution in [-0.4, -0.2) is 36.4 Å². The second kappa shape index (κ2) is 8.25. The Bertz CT molecular complexity index is 532. The van der Waals surface area contributed by atoms with Crippen molar-refractivity contribution in [3.8, 4) is 11.9 Å². The molecule has 21 heavy (non-hydrogen) atoms. The molecule has 0 atom stereocenters. The van der Waals surface area contributed by atoms with Crippen LogP contribution in [0.4, 0.5) is 5.69 Å². The van der Waals surface area contributed by atoms with Gasteiger partial charge in [0.2, 0.25) is 5.88 Å². The van der Waals surface area contributed by atoms with Gasteiger partial charge in [-0.25, -0.2) is 9.98 Å². The van der Waals surface area contributed by atoms with Gasteiger partial charge in [0.1, 0.15) is 11.6 Å². The summed E-state index contributed by atoms with van der Waals surface area (Å²) >= 11 is 0. The van der Waals surface area contributed by atoms with E-state index in [9.17, 15) is 5.26 Å². The van der Waals surface area contributed by atoms with Crippen LogP contribution in [0.1, 0.15) is 38.4 Å². The number of hydrogen-bond donors (Lipinski definition) is 0. The normalized spacial score (nSPS) is 10.9. The molecule has 0 unspecified atom stereocenters. The first-order chi connectivity index (χ1) is 9.97. The van der Waals surface area contributed by atoms with E-state index in [0.29, 0.717) is 29.7 Å².